The maximum Gasteiger partial charge on any atom is 0.416 e. The minimum Gasteiger partial charge on any atom is -0.339 e. The van der Waals surface area contributed by atoms with E-state index in [0.29, 0.717) is 18.7 Å². The minimum absolute atomic E-state index is 0.0239. The van der Waals surface area contributed by atoms with E-state index < -0.39 is 11.7 Å². The summed E-state index contributed by atoms with van der Waals surface area (Å²) in [5, 5.41) is 0. The van der Waals surface area contributed by atoms with Gasteiger partial charge in [0.2, 0.25) is 0 Å². The highest BCUT2D eigenvalue weighted by molar-refractivity contribution is 7.98. The van der Waals surface area contributed by atoms with Crippen LogP contribution in [0.25, 0.3) is 0 Å². The Hall–Kier alpha value is -2.74. The molecule has 0 bridgehead atoms. The molecule has 32 heavy (non-hydrogen) atoms. The molecule has 2 heterocycles. The van der Waals surface area contributed by atoms with Gasteiger partial charge in [0, 0.05) is 42.8 Å². The summed E-state index contributed by atoms with van der Waals surface area (Å²) in [4.78, 5) is 20.3. The van der Waals surface area contributed by atoms with Crippen molar-refractivity contribution in [2.24, 2.45) is 0 Å². The number of thioether (sulfide) groups is 1. The number of hydrogen-bond acceptors (Lipinski definition) is 3. The van der Waals surface area contributed by atoms with Crippen LogP contribution >= 0.6 is 11.8 Å². The van der Waals surface area contributed by atoms with Crippen molar-refractivity contribution in [3.8, 4) is 0 Å². The van der Waals surface area contributed by atoms with Crippen LogP contribution in [0.4, 0.5) is 13.2 Å². The SMILES string of the molecule is CSc1ccccc1C(=O)N1CCC(c2nccn2Cc2ccccc2C(F)(F)F)CC1. The minimum atomic E-state index is -4.39. The predicted molar refractivity (Wildman–Crippen MR) is 119 cm³/mol. The fourth-order valence-electron chi connectivity index (χ4n) is 4.27. The molecule has 0 radical (unpaired) electrons. The Morgan fingerprint density at radius 2 is 1.78 bits per heavy atom. The molecule has 168 valence electrons. The van der Waals surface area contributed by atoms with E-state index in [1.807, 2.05) is 35.4 Å². The van der Waals surface area contributed by atoms with Crippen molar-refractivity contribution in [1.29, 1.82) is 0 Å². The van der Waals surface area contributed by atoms with Gasteiger partial charge in [0.05, 0.1) is 11.1 Å². The zero-order valence-electron chi connectivity index (χ0n) is 17.7. The quantitative estimate of drug-likeness (QED) is 0.460. The van der Waals surface area contributed by atoms with E-state index in [2.05, 4.69) is 4.98 Å². The van der Waals surface area contributed by atoms with Gasteiger partial charge in [0.15, 0.2) is 0 Å². The number of carbonyl (C=O) groups is 1. The first-order chi connectivity index (χ1) is 15.4. The standard InChI is InChI=1S/C24H24F3N3OS/c1-32-21-9-5-3-7-19(21)23(31)29-13-10-17(11-14-29)22-28-12-15-30(22)16-18-6-2-4-8-20(18)24(25,26)27/h2-9,12,15,17H,10-11,13-14,16H2,1H3. The lowest BCUT2D eigenvalue weighted by Crippen LogP contribution is -2.38. The summed E-state index contributed by atoms with van der Waals surface area (Å²) in [5.74, 6) is 0.900. The first kappa shape index (κ1) is 22.5. The van der Waals surface area contributed by atoms with Crippen LogP contribution in [0, 0.1) is 0 Å². The van der Waals surface area contributed by atoms with Crippen LogP contribution in [0.2, 0.25) is 0 Å². The van der Waals surface area contributed by atoms with Gasteiger partial charge in [-0.2, -0.15) is 13.2 Å². The number of rotatable bonds is 5. The van der Waals surface area contributed by atoms with Gasteiger partial charge in [-0.25, -0.2) is 4.98 Å². The molecule has 0 spiro atoms. The number of likely N-dealkylation sites (tertiary alicyclic amines) is 1. The van der Waals surface area contributed by atoms with Crippen LogP contribution in [0.15, 0.2) is 65.8 Å². The summed E-state index contributed by atoms with van der Waals surface area (Å²) in [6.45, 7) is 1.31. The van der Waals surface area contributed by atoms with Crippen molar-refractivity contribution in [2.45, 2.75) is 36.4 Å². The molecule has 0 unspecified atom stereocenters. The summed E-state index contributed by atoms with van der Waals surface area (Å²) in [6.07, 6.45) is 2.38. The largest absolute Gasteiger partial charge is 0.416 e. The van der Waals surface area contributed by atoms with E-state index in [-0.39, 0.29) is 23.9 Å². The van der Waals surface area contributed by atoms with Crippen LogP contribution in [0.3, 0.4) is 0 Å². The molecule has 2 aromatic carbocycles. The van der Waals surface area contributed by atoms with Crippen LogP contribution in [0.5, 0.6) is 0 Å². The number of hydrogen-bond donors (Lipinski definition) is 0. The van der Waals surface area contributed by atoms with Crippen LogP contribution in [-0.2, 0) is 12.7 Å². The van der Waals surface area contributed by atoms with Gasteiger partial charge in [-0.05, 0) is 42.9 Å². The van der Waals surface area contributed by atoms with Gasteiger partial charge in [0.25, 0.3) is 5.91 Å². The molecule has 4 rings (SSSR count). The molecule has 3 aromatic rings. The zero-order valence-corrected chi connectivity index (χ0v) is 18.5. The van der Waals surface area contributed by atoms with Crippen LogP contribution < -0.4 is 0 Å². The summed E-state index contributed by atoms with van der Waals surface area (Å²) >= 11 is 1.55. The van der Waals surface area contributed by atoms with Gasteiger partial charge in [0.1, 0.15) is 5.82 Å². The number of carbonyl (C=O) groups excluding carboxylic acids is 1. The molecule has 1 aliphatic heterocycles. The monoisotopic (exact) mass is 459 g/mol. The third kappa shape index (κ3) is 4.70. The number of piperidine rings is 1. The molecule has 0 N–H and O–H groups in total. The average Bonchev–Trinajstić information content (AvgIpc) is 3.26. The van der Waals surface area contributed by atoms with Crippen molar-refractivity contribution in [2.75, 3.05) is 19.3 Å². The van der Waals surface area contributed by atoms with Crippen molar-refractivity contribution in [3.63, 3.8) is 0 Å². The number of imidazole rings is 1. The van der Waals surface area contributed by atoms with E-state index in [0.717, 1.165) is 29.6 Å². The second-order valence-electron chi connectivity index (χ2n) is 7.84. The Balaban J connectivity index is 1.46. The number of halogens is 3. The molecule has 4 nitrogen and oxygen atoms in total. The van der Waals surface area contributed by atoms with E-state index in [4.69, 9.17) is 0 Å². The second-order valence-corrected chi connectivity index (χ2v) is 8.68. The Labute approximate surface area is 189 Å². The van der Waals surface area contributed by atoms with Crippen molar-refractivity contribution < 1.29 is 18.0 Å². The molecule has 1 aromatic heterocycles. The highest BCUT2D eigenvalue weighted by atomic mass is 32.2. The Morgan fingerprint density at radius 1 is 1.09 bits per heavy atom. The number of benzene rings is 2. The summed E-state index contributed by atoms with van der Waals surface area (Å²) in [6, 6.07) is 13.2. The topological polar surface area (TPSA) is 38.1 Å². The Kier molecular flexibility index (Phi) is 6.60. The number of alkyl halides is 3. The summed E-state index contributed by atoms with van der Waals surface area (Å²) in [5.41, 5.74) is 0.316. The average molecular weight is 460 g/mol. The van der Waals surface area contributed by atoms with Crippen molar-refractivity contribution >= 4 is 17.7 Å². The maximum atomic E-state index is 13.4. The van der Waals surface area contributed by atoms with E-state index in [1.165, 1.54) is 12.1 Å². The number of aromatic nitrogens is 2. The fraction of sp³-hybridized carbons (Fsp3) is 0.333. The smallest absolute Gasteiger partial charge is 0.339 e. The van der Waals surface area contributed by atoms with E-state index >= 15 is 0 Å². The second kappa shape index (κ2) is 9.40. The van der Waals surface area contributed by atoms with Crippen LogP contribution in [-0.4, -0.2) is 39.7 Å². The molecular formula is C24H24F3N3OS. The molecule has 1 aliphatic rings. The molecule has 8 heteroatoms. The maximum absolute atomic E-state index is 13.4. The van der Waals surface area contributed by atoms with Crippen molar-refractivity contribution in [3.05, 3.63) is 83.4 Å². The Morgan fingerprint density at radius 3 is 2.50 bits per heavy atom. The van der Waals surface area contributed by atoms with E-state index in [1.54, 1.807) is 34.8 Å². The Bertz CT molecular complexity index is 1090. The highest BCUT2D eigenvalue weighted by Gasteiger charge is 2.33. The molecule has 1 amide bonds. The lowest BCUT2D eigenvalue weighted by Gasteiger charge is -2.32. The van der Waals surface area contributed by atoms with Gasteiger partial charge in [-0.1, -0.05) is 30.3 Å². The van der Waals surface area contributed by atoms with Gasteiger partial charge < -0.3 is 9.47 Å². The third-order valence-corrected chi connectivity index (χ3v) is 6.69. The van der Waals surface area contributed by atoms with Crippen molar-refractivity contribution in [1.82, 2.24) is 14.5 Å². The van der Waals surface area contributed by atoms with Gasteiger partial charge in [-0.15, -0.1) is 11.8 Å². The first-order valence-corrected chi connectivity index (χ1v) is 11.7. The van der Waals surface area contributed by atoms with E-state index in [9.17, 15) is 18.0 Å². The lowest BCUT2D eigenvalue weighted by atomic mass is 9.95. The van der Waals surface area contributed by atoms with Crippen LogP contribution in [0.1, 0.15) is 46.1 Å². The molecule has 0 atom stereocenters. The molecule has 0 saturated carbocycles. The highest BCUT2D eigenvalue weighted by Crippen LogP contribution is 2.34. The van der Waals surface area contributed by atoms with Gasteiger partial charge >= 0.3 is 6.18 Å². The number of amides is 1. The molecular weight excluding hydrogens is 435 g/mol. The molecule has 1 saturated heterocycles. The number of nitrogens with zero attached hydrogens (tertiary/aromatic N) is 3. The lowest BCUT2D eigenvalue weighted by molar-refractivity contribution is -0.138. The first-order valence-electron chi connectivity index (χ1n) is 10.5. The normalized spacial score (nSPS) is 15.2. The summed E-state index contributed by atoms with van der Waals surface area (Å²) < 4.78 is 41.9. The third-order valence-electron chi connectivity index (χ3n) is 5.90. The zero-order chi connectivity index (χ0) is 22.7. The predicted octanol–water partition coefficient (Wildman–Crippen LogP) is 5.69. The summed E-state index contributed by atoms with van der Waals surface area (Å²) in [7, 11) is 0. The van der Waals surface area contributed by atoms with Gasteiger partial charge in [-0.3, -0.25) is 4.79 Å². The molecule has 1 fully saturated rings. The fourth-order valence-corrected chi connectivity index (χ4v) is 4.85. The molecule has 0 aliphatic carbocycles.